The summed E-state index contributed by atoms with van der Waals surface area (Å²) < 4.78 is 0. The molecule has 0 bridgehead atoms. The zero-order chi connectivity index (χ0) is 8.27. The summed E-state index contributed by atoms with van der Waals surface area (Å²) in [7, 11) is 0. The van der Waals surface area contributed by atoms with Crippen molar-refractivity contribution in [1.82, 2.24) is 0 Å². The van der Waals surface area contributed by atoms with Crippen molar-refractivity contribution < 1.29 is 5.11 Å². The summed E-state index contributed by atoms with van der Waals surface area (Å²) in [4.78, 5) is 0.861. The zero-order valence-corrected chi connectivity index (χ0v) is 7.01. The van der Waals surface area contributed by atoms with Crippen LogP contribution >= 0.6 is 12.6 Å². The number of allylic oxidation sites excluding steroid dienone is 1. The largest absolute Gasteiger partial charge is 0.508 e. The van der Waals surface area contributed by atoms with Gasteiger partial charge in [0.05, 0.1) is 0 Å². The predicted molar refractivity (Wildman–Crippen MR) is 49.3 cm³/mol. The van der Waals surface area contributed by atoms with Crippen LogP contribution in [-0.2, 0) is 6.42 Å². The van der Waals surface area contributed by atoms with Gasteiger partial charge in [-0.2, -0.15) is 0 Å². The maximum atomic E-state index is 9.28. The molecule has 1 N–H and O–H groups in total. The van der Waals surface area contributed by atoms with Gasteiger partial charge in [-0.05, 0) is 30.2 Å². The second kappa shape index (κ2) is 3.49. The first-order valence-corrected chi connectivity index (χ1v) is 3.80. The number of hydrogen-bond donors (Lipinski definition) is 2. The Morgan fingerprint density at radius 1 is 1.55 bits per heavy atom. The molecule has 0 aromatic heterocycles. The smallest absolute Gasteiger partial charge is 0.119 e. The van der Waals surface area contributed by atoms with Gasteiger partial charge in [0.1, 0.15) is 5.75 Å². The molecule has 1 nitrogen and oxygen atoms in total. The molecule has 0 atom stereocenters. The molecule has 11 heavy (non-hydrogen) atoms. The molecule has 1 rings (SSSR count). The molecule has 0 amide bonds. The minimum atomic E-state index is 0.308. The Kier molecular flexibility index (Phi) is 2.60. The normalized spacial score (nSPS) is 9.55. The van der Waals surface area contributed by atoms with Gasteiger partial charge >= 0.3 is 0 Å². The highest BCUT2D eigenvalue weighted by Gasteiger charge is 1.97. The Hall–Kier alpha value is -0.890. The maximum absolute atomic E-state index is 9.28. The Bertz CT molecular complexity index is 268. The molecular formula is C9H10OS. The quantitative estimate of drug-likeness (QED) is 0.510. The maximum Gasteiger partial charge on any atom is 0.119 e. The van der Waals surface area contributed by atoms with E-state index in [0.717, 1.165) is 10.5 Å². The summed E-state index contributed by atoms with van der Waals surface area (Å²) in [5.74, 6) is 0.308. The fourth-order valence-electron chi connectivity index (χ4n) is 0.891. The van der Waals surface area contributed by atoms with E-state index in [-0.39, 0.29) is 0 Å². The topological polar surface area (TPSA) is 20.2 Å². The summed E-state index contributed by atoms with van der Waals surface area (Å²) in [6.07, 6.45) is 2.43. The fourth-order valence-corrected chi connectivity index (χ4v) is 1.12. The molecule has 0 radical (unpaired) electrons. The number of aromatic hydroxyl groups is 1. The van der Waals surface area contributed by atoms with Gasteiger partial charge in [0, 0.05) is 4.90 Å². The van der Waals surface area contributed by atoms with Gasteiger partial charge in [-0.1, -0.05) is 6.08 Å². The molecule has 0 heterocycles. The lowest BCUT2D eigenvalue weighted by Gasteiger charge is -2.01. The summed E-state index contributed by atoms with van der Waals surface area (Å²) in [5.41, 5.74) is 0.868. The van der Waals surface area contributed by atoms with Gasteiger partial charge in [0.15, 0.2) is 0 Å². The van der Waals surface area contributed by atoms with Crippen LogP contribution in [0.15, 0.2) is 35.7 Å². The number of hydrogen-bond acceptors (Lipinski definition) is 2. The van der Waals surface area contributed by atoms with Crippen molar-refractivity contribution in [3.05, 3.63) is 36.4 Å². The van der Waals surface area contributed by atoms with Gasteiger partial charge in [-0.3, -0.25) is 0 Å². The predicted octanol–water partition coefficient (Wildman–Crippen LogP) is 2.41. The third-order valence-corrected chi connectivity index (χ3v) is 1.71. The highest BCUT2D eigenvalue weighted by Crippen LogP contribution is 2.20. The van der Waals surface area contributed by atoms with E-state index in [1.807, 2.05) is 6.07 Å². The van der Waals surface area contributed by atoms with E-state index in [0.29, 0.717) is 12.2 Å². The Balaban J connectivity index is 3.01. The van der Waals surface area contributed by atoms with Crippen LogP contribution in [0, 0.1) is 0 Å². The van der Waals surface area contributed by atoms with Crippen LogP contribution in [0.3, 0.4) is 0 Å². The second-order valence-corrected chi connectivity index (χ2v) is 2.82. The first kappa shape index (κ1) is 8.21. The number of phenols is 1. The van der Waals surface area contributed by atoms with Crippen LogP contribution < -0.4 is 0 Å². The number of benzene rings is 1. The van der Waals surface area contributed by atoms with Crippen molar-refractivity contribution in [2.24, 2.45) is 0 Å². The SMILES string of the molecule is C=CCc1cc(S)ccc1O. The minimum absolute atomic E-state index is 0.308. The molecule has 0 spiro atoms. The molecule has 0 aliphatic heterocycles. The Morgan fingerprint density at radius 2 is 2.27 bits per heavy atom. The van der Waals surface area contributed by atoms with Crippen LogP contribution in [0.5, 0.6) is 5.75 Å². The monoisotopic (exact) mass is 166 g/mol. The fraction of sp³-hybridized carbons (Fsp3) is 0.111. The summed E-state index contributed by atoms with van der Waals surface area (Å²) >= 11 is 4.15. The zero-order valence-electron chi connectivity index (χ0n) is 6.12. The highest BCUT2D eigenvalue weighted by atomic mass is 32.1. The first-order valence-electron chi connectivity index (χ1n) is 3.36. The van der Waals surface area contributed by atoms with E-state index in [1.165, 1.54) is 0 Å². The van der Waals surface area contributed by atoms with E-state index in [2.05, 4.69) is 19.2 Å². The molecule has 58 valence electrons. The van der Waals surface area contributed by atoms with E-state index in [1.54, 1.807) is 18.2 Å². The summed E-state index contributed by atoms with van der Waals surface area (Å²) in [6.45, 7) is 3.59. The molecule has 0 aliphatic rings. The number of thiol groups is 1. The average molecular weight is 166 g/mol. The lowest BCUT2D eigenvalue weighted by Crippen LogP contribution is -1.81. The van der Waals surface area contributed by atoms with Crippen LogP contribution in [0.25, 0.3) is 0 Å². The van der Waals surface area contributed by atoms with E-state index in [9.17, 15) is 5.11 Å². The average Bonchev–Trinajstić information content (AvgIpc) is 1.98. The van der Waals surface area contributed by atoms with Crippen molar-refractivity contribution in [2.45, 2.75) is 11.3 Å². The Labute approximate surface area is 71.8 Å². The van der Waals surface area contributed by atoms with Crippen LogP contribution in [0.2, 0.25) is 0 Å². The molecule has 2 heteroatoms. The van der Waals surface area contributed by atoms with Gasteiger partial charge in [0.2, 0.25) is 0 Å². The van der Waals surface area contributed by atoms with Crippen LogP contribution in [0.4, 0.5) is 0 Å². The van der Waals surface area contributed by atoms with Crippen LogP contribution in [0.1, 0.15) is 5.56 Å². The summed E-state index contributed by atoms with van der Waals surface area (Å²) in [6, 6.07) is 5.23. The van der Waals surface area contributed by atoms with Crippen molar-refractivity contribution in [3.63, 3.8) is 0 Å². The highest BCUT2D eigenvalue weighted by molar-refractivity contribution is 7.80. The van der Waals surface area contributed by atoms with E-state index >= 15 is 0 Å². The molecule has 0 unspecified atom stereocenters. The molecule has 0 saturated heterocycles. The van der Waals surface area contributed by atoms with Crippen LogP contribution in [-0.4, -0.2) is 5.11 Å². The van der Waals surface area contributed by atoms with Crippen molar-refractivity contribution in [3.8, 4) is 5.75 Å². The molecule has 0 saturated carbocycles. The third kappa shape index (κ3) is 2.02. The lowest BCUT2D eigenvalue weighted by molar-refractivity contribution is 0.469. The number of rotatable bonds is 2. The van der Waals surface area contributed by atoms with Crippen molar-refractivity contribution >= 4 is 12.6 Å². The standard InChI is InChI=1S/C9H10OS/c1-2-3-7-6-8(11)4-5-9(7)10/h2,4-6,10-11H,1,3H2. The molecule has 1 aromatic carbocycles. The van der Waals surface area contributed by atoms with Gasteiger partial charge in [0.25, 0.3) is 0 Å². The molecule has 1 aromatic rings. The van der Waals surface area contributed by atoms with Gasteiger partial charge < -0.3 is 5.11 Å². The number of phenolic OH excluding ortho intramolecular Hbond substituents is 1. The van der Waals surface area contributed by atoms with Crippen molar-refractivity contribution in [1.29, 1.82) is 0 Å². The van der Waals surface area contributed by atoms with E-state index in [4.69, 9.17) is 0 Å². The molecule has 0 aliphatic carbocycles. The van der Waals surface area contributed by atoms with Crippen molar-refractivity contribution in [2.75, 3.05) is 0 Å². The van der Waals surface area contributed by atoms with E-state index < -0.39 is 0 Å². The summed E-state index contributed by atoms with van der Waals surface area (Å²) in [5, 5.41) is 9.28. The Morgan fingerprint density at radius 3 is 2.91 bits per heavy atom. The molecule has 0 fully saturated rings. The first-order chi connectivity index (χ1) is 5.24. The lowest BCUT2D eigenvalue weighted by atomic mass is 10.1. The molecular weight excluding hydrogens is 156 g/mol. The van der Waals surface area contributed by atoms with Gasteiger partial charge in [-0.15, -0.1) is 19.2 Å². The minimum Gasteiger partial charge on any atom is -0.508 e. The van der Waals surface area contributed by atoms with Gasteiger partial charge in [-0.25, -0.2) is 0 Å². The third-order valence-electron chi connectivity index (χ3n) is 1.43. The second-order valence-electron chi connectivity index (χ2n) is 2.31.